The van der Waals surface area contributed by atoms with Crippen LogP contribution in [0, 0.1) is 0 Å². The van der Waals surface area contributed by atoms with Gasteiger partial charge in [0.05, 0.1) is 24.0 Å². The molecule has 3 aromatic rings. The van der Waals surface area contributed by atoms with Crippen LogP contribution >= 0.6 is 11.8 Å². The van der Waals surface area contributed by atoms with Gasteiger partial charge in [0.2, 0.25) is 5.91 Å². The summed E-state index contributed by atoms with van der Waals surface area (Å²) in [5.74, 6) is 0.504. The number of hydrogen-bond acceptors (Lipinski definition) is 5. The number of thioether (sulfide) groups is 1. The van der Waals surface area contributed by atoms with E-state index in [1.165, 1.54) is 0 Å². The fourth-order valence-electron chi connectivity index (χ4n) is 3.25. The maximum atomic E-state index is 12.9. The molecule has 0 unspecified atom stereocenters. The first-order valence-electron chi connectivity index (χ1n) is 9.96. The van der Waals surface area contributed by atoms with Crippen molar-refractivity contribution in [3.8, 4) is 5.75 Å². The number of benzene rings is 3. The van der Waals surface area contributed by atoms with Gasteiger partial charge in [0, 0.05) is 34.4 Å². The maximum absolute atomic E-state index is 12.9. The molecule has 0 bridgehead atoms. The summed E-state index contributed by atoms with van der Waals surface area (Å²) in [7, 11) is 1.55. The van der Waals surface area contributed by atoms with Gasteiger partial charge in [0.1, 0.15) is 5.75 Å². The number of ether oxygens (including phenoxy) is 1. The average molecular weight is 448 g/mol. The first-order chi connectivity index (χ1) is 15.5. The number of rotatable bonds is 5. The molecule has 7 nitrogen and oxygen atoms in total. The molecule has 0 atom stereocenters. The summed E-state index contributed by atoms with van der Waals surface area (Å²) in [5, 5.41) is 8.46. The highest BCUT2D eigenvalue weighted by Gasteiger charge is 2.18. The lowest BCUT2D eigenvalue weighted by Crippen LogP contribution is -2.18. The Balaban J connectivity index is 1.53. The molecule has 32 heavy (non-hydrogen) atoms. The van der Waals surface area contributed by atoms with E-state index in [0.29, 0.717) is 46.1 Å². The second kappa shape index (κ2) is 9.57. The Kier molecular flexibility index (Phi) is 6.42. The van der Waals surface area contributed by atoms with Gasteiger partial charge in [-0.05, 0) is 42.5 Å². The first kappa shape index (κ1) is 21.5. The molecule has 8 heteroatoms. The standard InChI is InChI=1S/C24H21N3O4S/c1-31-17-6-4-5-16(14-17)25-24(30)18-7-2-3-8-19(18)27-23(29)15-9-10-21-20(13-15)26-22(28)11-12-32-21/h2-10,13-14H,11-12H2,1H3,(H,25,30)(H,26,28)(H,27,29). The first-order valence-corrected chi connectivity index (χ1v) is 10.9. The van der Waals surface area contributed by atoms with Gasteiger partial charge in [-0.25, -0.2) is 0 Å². The summed E-state index contributed by atoms with van der Waals surface area (Å²) in [5.41, 5.74) is 2.28. The summed E-state index contributed by atoms with van der Waals surface area (Å²) < 4.78 is 5.19. The van der Waals surface area contributed by atoms with Crippen LogP contribution in [0.4, 0.5) is 17.1 Å². The Morgan fingerprint density at radius 2 is 1.81 bits per heavy atom. The minimum atomic E-state index is -0.377. The van der Waals surface area contributed by atoms with Gasteiger partial charge in [-0.2, -0.15) is 0 Å². The smallest absolute Gasteiger partial charge is 0.257 e. The van der Waals surface area contributed by atoms with Gasteiger partial charge in [0.15, 0.2) is 0 Å². The van der Waals surface area contributed by atoms with E-state index in [0.717, 1.165) is 4.90 Å². The Morgan fingerprint density at radius 1 is 0.969 bits per heavy atom. The molecule has 1 aliphatic rings. The molecule has 1 aliphatic heterocycles. The lowest BCUT2D eigenvalue weighted by Gasteiger charge is -2.13. The van der Waals surface area contributed by atoms with Crippen LogP contribution in [-0.4, -0.2) is 30.6 Å². The molecule has 0 fully saturated rings. The molecule has 1 heterocycles. The summed E-state index contributed by atoms with van der Waals surface area (Å²) in [4.78, 5) is 38.5. The van der Waals surface area contributed by atoms with Crippen LogP contribution in [-0.2, 0) is 4.79 Å². The fourth-order valence-corrected chi connectivity index (χ4v) is 4.18. The van der Waals surface area contributed by atoms with Crippen molar-refractivity contribution in [3.63, 3.8) is 0 Å². The number of carbonyl (C=O) groups excluding carboxylic acids is 3. The van der Waals surface area contributed by atoms with Gasteiger partial charge in [-0.1, -0.05) is 18.2 Å². The lowest BCUT2D eigenvalue weighted by atomic mass is 10.1. The van der Waals surface area contributed by atoms with E-state index in [9.17, 15) is 14.4 Å². The average Bonchev–Trinajstić information content (AvgIpc) is 2.99. The van der Waals surface area contributed by atoms with E-state index in [1.54, 1.807) is 79.5 Å². The Hall–Kier alpha value is -3.78. The van der Waals surface area contributed by atoms with Crippen molar-refractivity contribution in [3.05, 3.63) is 77.9 Å². The van der Waals surface area contributed by atoms with Crippen molar-refractivity contribution in [1.82, 2.24) is 0 Å². The third-order valence-electron chi connectivity index (χ3n) is 4.85. The number of methoxy groups -OCH3 is 1. The molecule has 3 amide bonds. The zero-order valence-corrected chi connectivity index (χ0v) is 18.1. The molecule has 0 spiro atoms. The molecule has 162 valence electrons. The molecule has 4 rings (SSSR count). The molecule has 0 saturated heterocycles. The van der Waals surface area contributed by atoms with Crippen LogP contribution in [0.15, 0.2) is 71.6 Å². The van der Waals surface area contributed by atoms with Crippen molar-refractivity contribution < 1.29 is 19.1 Å². The third-order valence-corrected chi connectivity index (χ3v) is 5.93. The predicted octanol–water partition coefficient (Wildman–Crippen LogP) is 4.63. The van der Waals surface area contributed by atoms with Crippen LogP contribution in [0.2, 0.25) is 0 Å². The number of nitrogens with one attached hydrogen (secondary N) is 3. The molecule has 3 N–H and O–H groups in total. The minimum Gasteiger partial charge on any atom is -0.497 e. The molecule has 0 aliphatic carbocycles. The Morgan fingerprint density at radius 3 is 2.66 bits per heavy atom. The van der Waals surface area contributed by atoms with E-state index >= 15 is 0 Å². The van der Waals surface area contributed by atoms with Crippen LogP contribution in [0.3, 0.4) is 0 Å². The van der Waals surface area contributed by atoms with Crippen LogP contribution in [0.25, 0.3) is 0 Å². The van der Waals surface area contributed by atoms with Crippen LogP contribution in [0.5, 0.6) is 5.75 Å². The lowest BCUT2D eigenvalue weighted by molar-refractivity contribution is -0.115. The monoisotopic (exact) mass is 447 g/mol. The molecular formula is C24H21N3O4S. The SMILES string of the molecule is COc1cccc(NC(=O)c2ccccc2NC(=O)c2ccc3c(c2)NC(=O)CCS3)c1. The zero-order chi connectivity index (χ0) is 22.5. The highest BCUT2D eigenvalue weighted by atomic mass is 32.2. The largest absolute Gasteiger partial charge is 0.497 e. The van der Waals surface area contributed by atoms with Crippen molar-refractivity contribution in [2.75, 3.05) is 28.8 Å². The van der Waals surface area contributed by atoms with Crippen molar-refractivity contribution in [2.45, 2.75) is 11.3 Å². The minimum absolute atomic E-state index is 0.0756. The second-order valence-corrected chi connectivity index (χ2v) is 8.18. The van der Waals surface area contributed by atoms with Gasteiger partial charge < -0.3 is 20.7 Å². The molecule has 0 radical (unpaired) electrons. The highest BCUT2D eigenvalue weighted by Crippen LogP contribution is 2.32. The number of para-hydroxylation sites is 1. The normalized spacial score (nSPS) is 12.7. The predicted molar refractivity (Wildman–Crippen MR) is 126 cm³/mol. The number of fused-ring (bicyclic) bond motifs is 1. The number of carbonyl (C=O) groups is 3. The number of amides is 3. The molecular weight excluding hydrogens is 426 g/mol. The van der Waals surface area contributed by atoms with Crippen molar-refractivity contribution >= 4 is 46.5 Å². The van der Waals surface area contributed by atoms with E-state index in [1.807, 2.05) is 6.07 Å². The van der Waals surface area contributed by atoms with Gasteiger partial charge in [-0.15, -0.1) is 11.8 Å². The molecule has 0 aromatic heterocycles. The summed E-state index contributed by atoms with van der Waals surface area (Å²) >= 11 is 1.57. The number of hydrogen-bond donors (Lipinski definition) is 3. The summed E-state index contributed by atoms with van der Waals surface area (Å²) in [6.45, 7) is 0. The molecule has 3 aromatic carbocycles. The van der Waals surface area contributed by atoms with Crippen molar-refractivity contribution in [2.24, 2.45) is 0 Å². The van der Waals surface area contributed by atoms with E-state index in [2.05, 4.69) is 16.0 Å². The van der Waals surface area contributed by atoms with Gasteiger partial charge in [-0.3, -0.25) is 14.4 Å². The molecule has 0 saturated carbocycles. The van der Waals surface area contributed by atoms with E-state index < -0.39 is 0 Å². The topological polar surface area (TPSA) is 96.5 Å². The number of anilines is 3. The summed E-state index contributed by atoms with van der Waals surface area (Å²) in [6.07, 6.45) is 0.427. The second-order valence-electron chi connectivity index (χ2n) is 7.04. The maximum Gasteiger partial charge on any atom is 0.257 e. The van der Waals surface area contributed by atoms with Gasteiger partial charge in [0.25, 0.3) is 11.8 Å². The van der Waals surface area contributed by atoms with Crippen LogP contribution < -0.4 is 20.7 Å². The fraction of sp³-hybridized carbons (Fsp3) is 0.125. The van der Waals surface area contributed by atoms with Gasteiger partial charge >= 0.3 is 0 Å². The van der Waals surface area contributed by atoms with Crippen LogP contribution in [0.1, 0.15) is 27.1 Å². The highest BCUT2D eigenvalue weighted by molar-refractivity contribution is 7.99. The quantitative estimate of drug-likeness (QED) is 0.530. The Labute approximate surface area is 189 Å². The Bertz CT molecular complexity index is 1200. The van der Waals surface area contributed by atoms with E-state index in [-0.39, 0.29) is 17.7 Å². The van der Waals surface area contributed by atoms with Crippen molar-refractivity contribution in [1.29, 1.82) is 0 Å². The summed E-state index contributed by atoms with van der Waals surface area (Å²) in [6, 6.07) is 19.0. The van der Waals surface area contributed by atoms with E-state index in [4.69, 9.17) is 4.74 Å². The third kappa shape index (κ3) is 4.92. The zero-order valence-electron chi connectivity index (χ0n) is 17.3.